The molecule has 0 aliphatic carbocycles. The fourth-order valence-electron chi connectivity index (χ4n) is 4.18. The minimum absolute atomic E-state index is 0.0912. The van der Waals surface area contributed by atoms with Gasteiger partial charge in [-0.3, -0.25) is 19.1 Å². The lowest BCUT2D eigenvalue weighted by atomic mass is 9.95. The molecule has 4 rings (SSSR count). The van der Waals surface area contributed by atoms with Gasteiger partial charge >= 0.3 is 0 Å². The van der Waals surface area contributed by atoms with Crippen LogP contribution in [0.2, 0.25) is 0 Å². The monoisotopic (exact) mass is 505 g/mol. The Morgan fingerprint density at radius 2 is 1.76 bits per heavy atom. The van der Waals surface area contributed by atoms with Gasteiger partial charge in [-0.15, -0.1) is 0 Å². The van der Waals surface area contributed by atoms with Gasteiger partial charge < -0.3 is 25.0 Å². The van der Waals surface area contributed by atoms with Crippen molar-refractivity contribution in [3.63, 3.8) is 0 Å². The van der Waals surface area contributed by atoms with E-state index in [1.165, 1.54) is 15.6 Å². The highest BCUT2D eigenvalue weighted by Crippen LogP contribution is 2.27. The Bertz CT molecular complexity index is 1330. The minimum atomic E-state index is -1.18. The Morgan fingerprint density at radius 1 is 1.03 bits per heavy atom. The van der Waals surface area contributed by atoms with Crippen LogP contribution in [0.5, 0.6) is 11.5 Å². The third-order valence-electron chi connectivity index (χ3n) is 6.73. The van der Waals surface area contributed by atoms with Crippen molar-refractivity contribution in [2.45, 2.75) is 39.0 Å². The van der Waals surface area contributed by atoms with Gasteiger partial charge in [-0.25, -0.2) is 0 Å². The number of fused-ring (bicyclic) bond motifs is 1. The maximum absolute atomic E-state index is 13.2. The van der Waals surface area contributed by atoms with Crippen molar-refractivity contribution in [3.05, 3.63) is 76.6 Å². The molecule has 0 fully saturated rings. The van der Waals surface area contributed by atoms with Gasteiger partial charge in [-0.2, -0.15) is 5.10 Å². The van der Waals surface area contributed by atoms with Crippen LogP contribution in [0.4, 0.5) is 0 Å². The molecule has 10 heteroatoms. The van der Waals surface area contributed by atoms with Crippen molar-refractivity contribution in [2.75, 3.05) is 21.3 Å². The van der Waals surface area contributed by atoms with Crippen LogP contribution in [0.25, 0.3) is 0 Å². The number of carbonyl (C=O) groups is 3. The van der Waals surface area contributed by atoms with Crippen molar-refractivity contribution in [1.82, 2.24) is 25.3 Å². The Morgan fingerprint density at radius 3 is 2.43 bits per heavy atom. The lowest BCUT2D eigenvalue weighted by Crippen LogP contribution is -2.62. The molecule has 2 heterocycles. The zero-order valence-corrected chi connectivity index (χ0v) is 21.6. The number of hydrogen-bond acceptors (Lipinski definition) is 6. The van der Waals surface area contributed by atoms with Crippen molar-refractivity contribution in [1.29, 1.82) is 0 Å². The van der Waals surface area contributed by atoms with Crippen LogP contribution in [0.3, 0.4) is 0 Å². The average Bonchev–Trinajstić information content (AvgIpc) is 3.33. The molecule has 1 aliphatic heterocycles. The largest absolute Gasteiger partial charge is 0.497 e. The first-order valence-electron chi connectivity index (χ1n) is 11.8. The topological polar surface area (TPSA) is 115 Å². The average molecular weight is 506 g/mol. The predicted octanol–water partition coefficient (Wildman–Crippen LogP) is 2.30. The fraction of sp³-hybridized carbons (Fsp3) is 0.333. The molecule has 37 heavy (non-hydrogen) atoms. The predicted molar refractivity (Wildman–Crippen MR) is 136 cm³/mol. The summed E-state index contributed by atoms with van der Waals surface area (Å²) in [6.07, 6.45) is 0. The van der Waals surface area contributed by atoms with Crippen LogP contribution < -0.4 is 20.1 Å². The van der Waals surface area contributed by atoms with Crippen LogP contribution in [0.15, 0.2) is 48.5 Å². The van der Waals surface area contributed by atoms with E-state index in [4.69, 9.17) is 9.47 Å². The first-order valence-corrected chi connectivity index (χ1v) is 11.8. The lowest BCUT2D eigenvalue weighted by molar-refractivity contribution is -0.132. The lowest BCUT2D eigenvalue weighted by Gasteiger charge is -2.40. The molecule has 10 nitrogen and oxygen atoms in total. The summed E-state index contributed by atoms with van der Waals surface area (Å²) in [5, 5.41) is 10.1. The summed E-state index contributed by atoms with van der Waals surface area (Å²) in [5.41, 5.74) is 2.01. The van der Waals surface area contributed by atoms with Crippen molar-refractivity contribution in [2.24, 2.45) is 0 Å². The summed E-state index contributed by atoms with van der Waals surface area (Å²) in [7, 11) is 4.69. The molecule has 194 valence electrons. The molecule has 3 amide bonds. The van der Waals surface area contributed by atoms with Crippen LogP contribution in [0, 0.1) is 6.92 Å². The summed E-state index contributed by atoms with van der Waals surface area (Å²) in [6, 6.07) is 14.6. The van der Waals surface area contributed by atoms with E-state index in [-0.39, 0.29) is 36.3 Å². The van der Waals surface area contributed by atoms with Gasteiger partial charge in [0.15, 0.2) is 5.69 Å². The highest BCUT2D eigenvalue weighted by atomic mass is 16.5. The van der Waals surface area contributed by atoms with Crippen LogP contribution in [-0.2, 0) is 24.4 Å². The van der Waals surface area contributed by atoms with E-state index in [0.29, 0.717) is 18.0 Å². The maximum atomic E-state index is 13.2. The Hall–Kier alpha value is -4.34. The number of rotatable bonds is 8. The highest BCUT2D eigenvalue weighted by molar-refractivity contribution is 6.01. The van der Waals surface area contributed by atoms with Gasteiger partial charge in [0.1, 0.15) is 22.7 Å². The first-order chi connectivity index (χ1) is 17.7. The molecule has 0 saturated carbocycles. The summed E-state index contributed by atoms with van der Waals surface area (Å²) in [4.78, 5) is 40.6. The van der Waals surface area contributed by atoms with Crippen LogP contribution >= 0.6 is 0 Å². The van der Waals surface area contributed by atoms with Gasteiger partial charge in [-0.05, 0) is 31.5 Å². The van der Waals surface area contributed by atoms with Gasteiger partial charge in [0.2, 0.25) is 5.91 Å². The summed E-state index contributed by atoms with van der Waals surface area (Å²) >= 11 is 0. The van der Waals surface area contributed by atoms with Gasteiger partial charge in [0, 0.05) is 37.8 Å². The standard InChI is InChI=1S/C27H31N5O5/c1-17-6-8-18(9-7-17)14-29-26(35)27(2)16-32-22(25(34)31(27)3)13-21(30-32)24(33)28-15-19-10-11-20(36-4)12-23(19)37-5/h6-13H,14-16H2,1-5H3,(H,28,33)(H,29,35)/t27-/m1/s1. The van der Waals surface area contributed by atoms with Gasteiger partial charge in [-0.1, -0.05) is 29.8 Å². The molecule has 1 aromatic heterocycles. The number of methoxy groups -OCH3 is 2. The van der Waals surface area contributed by atoms with E-state index in [9.17, 15) is 14.4 Å². The second-order valence-corrected chi connectivity index (χ2v) is 9.24. The van der Waals surface area contributed by atoms with Crippen LogP contribution in [0.1, 0.15) is 44.6 Å². The maximum Gasteiger partial charge on any atom is 0.272 e. The number of likely N-dealkylation sites (N-methyl/N-ethyl adjacent to an activating group) is 1. The smallest absolute Gasteiger partial charge is 0.272 e. The van der Waals surface area contributed by atoms with E-state index in [2.05, 4.69) is 15.7 Å². The zero-order chi connectivity index (χ0) is 26.7. The zero-order valence-electron chi connectivity index (χ0n) is 21.6. The molecule has 2 aromatic carbocycles. The fourth-order valence-corrected chi connectivity index (χ4v) is 4.18. The Kier molecular flexibility index (Phi) is 7.19. The normalized spacial score (nSPS) is 16.7. The molecule has 3 aromatic rings. The van der Waals surface area contributed by atoms with Gasteiger partial charge in [0.25, 0.3) is 11.8 Å². The molecule has 1 aliphatic rings. The number of amides is 3. The number of carbonyl (C=O) groups excluding carboxylic acids is 3. The van der Waals surface area contributed by atoms with E-state index < -0.39 is 11.4 Å². The summed E-state index contributed by atoms with van der Waals surface area (Å²) in [5.74, 6) is 0.0846. The van der Waals surface area contributed by atoms with Gasteiger partial charge in [0.05, 0.1) is 20.8 Å². The Labute approximate surface area is 215 Å². The second kappa shape index (κ2) is 10.3. The molecule has 1 atom stereocenters. The number of nitrogens with zero attached hydrogens (tertiary/aromatic N) is 3. The number of ether oxygens (including phenoxy) is 2. The van der Waals surface area contributed by atoms with Crippen molar-refractivity contribution >= 4 is 17.7 Å². The molecule has 0 unspecified atom stereocenters. The Balaban J connectivity index is 1.46. The quantitative estimate of drug-likeness (QED) is 0.486. The third-order valence-corrected chi connectivity index (χ3v) is 6.73. The molecule has 2 N–H and O–H groups in total. The highest BCUT2D eigenvalue weighted by Gasteiger charge is 2.46. The third kappa shape index (κ3) is 5.13. The molecular weight excluding hydrogens is 474 g/mol. The molecule has 0 spiro atoms. The number of nitrogens with one attached hydrogen (secondary N) is 2. The molecule has 0 saturated heterocycles. The SMILES string of the molecule is COc1ccc(CNC(=O)c2cc3n(n2)C[C@](C)(C(=O)NCc2ccc(C)cc2)N(C)C3=O)c(OC)c1. The summed E-state index contributed by atoms with van der Waals surface area (Å²) in [6.45, 7) is 4.34. The second-order valence-electron chi connectivity index (χ2n) is 9.24. The van der Waals surface area contributed by atoms with E-state index in [0.717, 1.165) is 16.7 Å². The van der Waals surface area contributed by atoms with E-state index in [1.807, 2.05) is 31.2 Å². The number of aryl methyl sites for hydroxylation is 1. The number of hydrogen-bond donors (Lipinski definition) is 2. The van der Waals surface area contributed by atoms with Crippen molar-refractivity contribution in [3.8, 4) is 11.5 Å². The first kappa shape index (κ1) is 25.7. The number of aromatic nitrogens is 2. The molecular formula is C27H31N5O5. The van der Waals surface area contributed by atoms with E-state index in [1.54, 1.807) is 46.4 Å². The van der Waals surface area contributed by atoms with Crippen molar-refractivity contribution < 1.29 is 23.9 Å². The van der Waals surface area contributed by atoms with E-state index >= 15 is 0 Å². The number of benzene rings is 2. The summed E-state index contributed by atoms with van der Waals surface area (Å²) < 4.78 is 12.0. The minimum Gasteiger partial charge on any atom is -0.497 e. The van der Waals surface area contributed by atoms with Crippen LogP contribution in [-0.4, -0.2) is 59.2 Å². The molecule has 0 radical (unpaired) electrons. The molecule has 0 bridgehead atoms.